The fourth-order valence-electron chi connectivity index (χ4n) is 2.99. The molecule has 4 rings (SSSR count). The van der Waals surface area contributed by atoms with Crippen LogP contribution >= 0.6 is 0 Å². The topological polar surface area (TPSA) is 67.6 Å². The Morgan fingerprint density at radius 2 is 2.00 bits per heavy atom. The number of nitrogens with zero attached hydrogens (tertiary/aromatic N) is 4. The lowest BCUT2D eigenvalue weighted by molar-refractivity contribution is 0.588. The van der Waals surface area contributed by atoms with Crippen LogP contribution in [0.4, 0.5) is 5.69 Å². The van der Waals surface area contributed by atoms with Gasteiger partial charge in [0, 0.05) is 18.2 Å². The van der Waals surface area contributed by atoms with Crippen molar-refractivity contribution in [3.05, 3.63) is 42.2 Å². The van der Waals surface area contributed by atoms with Crippen molar-refractivity contribution in [3.8, 4) is 11.3 Å². The van der Waals surface area contributed by atoms with E-state index in [1.165, 1.54) is 8.82 Å². The van der Waals surface area contributed by atoms with Gasteiger partial charge >= 0.3 is 0 Å². The Hall–Kier alpha value is -2.41. The molecule has 0 amide bonds. The summed E-state index contributed by atoms with van der Waals surface area (Å²) in [5.41, 5.74) is 3.48. The van der Waals surface area contributed by atoms with Gasteiger partial charge in [-0.15, -0.1) is 0 Å². The zero-order valence-electron chi connectivity index (χ0n) is 12.9. The number of hydrogen-bond donors (Lipinski definition) is 0. The van der Waals surface area contributed by atoms with E-state index in [-0.39, 0.29) is 4.90 Å². The van der Waals surface area contributed by atoms with Crippen LogP contribution in [0, 0.1) is 6.92 Å². The predicted molar refractivity (Wildman–Crippen MR) is 88.0 cm³/mol. The molecule has 1 aliphatic rings. The fourth-order valence-corrected chi connectivity index (χ4v) is 4.70. The Morgan fingerprint density at radius 1 is 1.22 bits per heavy atom. The summed E-state index contributed by atoms with van der Waals surface area (Å²) in [6, 6.07) is 9.34. The second-order valence-electron chi connectivity index (χ2n) is 5.64. The second kappa shape index (κ2) is 4.79. The molecule has 23 heavy (non-hydrogen) atoms. The molecule has 0 radical (unpaired) electrons. The van der Waals surface area contributed by atoms with Crippen molar-refractivity contribution < 1.29 is 8.42 Å². The van der Waals surface area contributed by atoms with E-state index in [4.69, 9.17) is 0 Å². The van der Waals surface area contributed by atoms with Crippen LogP contribution in [0.5, 0.6) is 0 Å². The number of benzene rings is 1. The van der Waals surface area contributed by atoms with Gasteiger partial charge < -0.3 is 0 Å². The quantitative estimate of drug-likeness (QED) is 0.725. The highest BCUT2D eigenvalue weighted by molar-refractivity contribution is 7.93. The minimum atomic E-state index is -3.63. The molecule has 0 saturated carbocycles. The van der Waals surface area contributed by atoms with Gasteiger partial charge in [-0.25, -0.2) is 17.9 Å². The van der Waals surface area contributed by atoms with Crippen molar-refractivity contribution in [2.24, 2.45) is 0 Å². The van der Waals surface area contributed by atoms with E-state index in [1.54, 1.807) is 6.20 Å². The van der Waals surface area contributed by atoms with E-state index >= 15 is 0 Å². The normalized spacial score (nSPS) is 15.5. The fraction of sp³-hybridized carbons (Fsp3) is 0.250. The molecule has 3 aromatic rings. The minimum Gasteiger partial charge on any atom is -0.266 e. The summed E-state index contributed by atoms with van der Waals surface area (Å²) in [7, 11) is -3.63. The Labute approximate surface area is 134 Å². The van der Waals surface area contributed by atoms with Crippen LogP contribution in [0.3, 0.4) is 0 Å². The summed E-state index contributed by atoms with van der Waals surface area (Å²) in [6.07, 6.45) is 2.30. The van der Waals surface area contributed by atoms with Crippen LogP contribution in [-0.4, -0.2) is 29.6 Å². The molecule has 0 saturated heterocycles. The molecular weight excluding hydrogens is 312 g/mol. The maximum atomic E-state index is 13.1. The first-order chi connectivity index (χ1) is 11.0. The summed E-state index contributed by atoms with van der Waals surface area (Å²) >= 11 is 0. The highest BCUT2D eigenvalue weighted by atomic mass is 32.2. The molecule has 118 valence electrons. The average Bonchev–Trinajstić information content (AvgIpc) is 2.89. The molecule has 0 unspecified atom stereocenters. The first-order valence-electron chi connectivity index (χ1n) is 7.51. The van der Waals surface area contributed by atoms with Crippen molar-refractivity contribution in [1.82, 2.24) is 14.6 Å². The van der Waals surface area contributed by atoms with E-state index in [0.29, 0.717) is 23.6 Å². The maximum Gasteiger partial charge on any atom is 0.268 e. The number of aryl methyl sites for hydroxylation is 1. The van der Waals surface area contributed by atoms with Gasteiger partial charge in [-0.1, -0.05) is 25.1 Å². The zero-order valence-corrected chi connectivity index (χ0v) is 13.7. The Bertz CT molecular complexity index is 1020. The lowest BCUT2D eigenvalue weighted by atomic mass is 10.1. The monoisotopic (exact) mass is 328 g/mol. The molecule has 6 nitrogen and oxygen atoms in total. The molecule has 2 aromatic heterocycles. The first-order valence-corrected chi connectivity index (χ1v) is 8.95. The van der Waals surface area contributed by atoms with Gasteiger partial charge in [-0.3, -0.25) is 4.31 Å². The predicted octanol–water partition coefficient (Wildman–Crippen LogP) is 2.62. The van der Waals surface area contributed by atoms with E-state index in [0.717, 1.165) is 17.7 Å². The molecule has 0 N–H and O–H groups in total. The number of para-hydroxylation sites is 1. The molecule has 1 aliphatic heterocycles. The van der Waals surface area contributed by atoms with Gasteiger partial charge in [-0.2, -0.15) is 5.10 Å². The van der Waals surface area contributed by atoms with Gasteiger partial charge in [0.15, 0.2) is 5.65 Å². The SMILES string of the molecule is CCCN1c2ccccc2-c2nc3cc(C)nn3cc2S1(=O)=O. The van der Waals surface area contributed by atoms with Crippen molar-refractivity contribution in [3.63, 3.8) is 0 Å². The molecule has 0 spiro atoms. The van der Waals surface area contributed by atoms with Crippen molar-refractivity contribution in [1.29, 1.82) is 0 Å². The zero-order chi connectivity index (χ0) is 16.2. The summed E-state index contributed by atoms with van der Waals surface area (Å²) in [5.74, 6) is 0. The van der Waals surface area contributed by atoms with Crippen LogP contribution in [-0.2, 0) is 10.0 Å². The lowest BCUT2D eigenvalue weighted by Gasteiger charge is -2.31. The number of anilines is 1. The van der Waals surface area contributed by atoms with Crippen LogP contribution in [0.25, 0.3) is 16.9 Å². The molecule has 3 heterocycles. The van der Waals surface area contributed by atoms with Gasteiger partial charge in [0.1, 0.15) is 4.90 Å². The van der Waals surface area contributed by atoms with Crippen LogP contribution in [0.2, 0.25) is 0 Å². The van der Waals surface area contributed by atoms with Crippen LogP contribution in [0.1, 0.15) is 19.0 Å². The molecule has 0 bridgehead atoms. The third-order valence-electron chi connectivity index (χ3n) is 3.96. The van der Waals surface area contributed by atoms with E-state index in [2.05, 4.69) is 10.1 Å². The van der Waals surface area contributed by atoms with Crippen LogP contribution in [0.15, 0.2) is 41.4 Å². The van der Waals surface area contributed by atoms with E-state index < -0.39 is 10.0 Å². The molecule has 7 heteroatoms. The van der Waals surface area contributed by atoms with Crippen molar-refractivity contribution >= 4 is 21.4 Å². The van der Waals surface area contributed by atoms with Gasteiger partial charge in [-0.05, 0) is 19.4 Å². The third kappa shape index (κ3) is 1.96. The summed E-state index contributed by atoms with van der Waals surface area (Å²) in [6.45, 7) is 4.26. The number of hydrogen-bond acceptors (Lipinski definition) is 4. The second-order valence-corrected chi connectivity index (χ2v) is 7.47. The smallest absolute Gasteiger partial charge is 0.266 e. The van der Waals surface area contributed by atoms with Gasteiger partial charge in [0.25, 0.3) is 10.0 Å². The number of sulfonamides is 1. The Kier molecular flexibility index (Phi) is 2.96. The number of rotatable bonds is 2. The lowest BCUT2D eigenvalue weighted by Crippen LogP contribution is -2.35. The van der Waals surface area contributed by atoms with Crippen molar-refractivity contribution in [2.75, 3.05) is 10.8 Å². The average molecular weight is 328 g/mol. The summed E-state index contributed by atoms with van der Waals surface area (Å²) < 4.78 is 29.1. The summed E-state index contributed by atoms with van der Waals surface area (Å²) in [4.78, 5) is 4.77. The third-order valence-corrected chi connectivity index (χ3v) is 5.77. The molecule has 0 fully saturated rings. The minimum absolute atomic E-state index is 0.209. The first kappa shape index (κ1) is 14.2. The van der Waals surface area contributed by atoms with Gasteiger partial charge in [0.2, 0.25) is 0 Å². The highest BCUT2D eigenvalue weighted by Gasteiger charge is 2.36. The molecular formula is C16H16N4O2S. The molecule has 1 aromatic carbocycles. The number of aromatic nitrogens is 3. The Balaban J connectivity index is 2.10. The van der Waals surface area contributed by atoms with E-state index in [1.807, 2.05) is 44.2 Å². The summed E-state index contributed by atoms with van der Waals surface area (Å²) in [5, 5.41) is 4.29. The molecule has 0 atom stereocenters. The van der Waals surface area contributed by atoms with Crippen LogP contribution < -0.4 is 4.31 Å². The highest BCUT2D eigenvalue weighted by Crippen LogP contribution is 2.41. The standard InChI is InChI=1S/C16H16N4O2S/c1-3-8-20-13-7-5-4-6-12(13)16-14(23(20,21)22)10-19-15(17-16)9-11(2)18-19/h4-7,9-10H,3,8H2,1-2H3. The van der Waals surface area contributed by atoms with Gasteiger partial charge in [0.05, 0.1) is 23.3 Å². The van der Waals surface area contributed by atoms with E-state index in [9.17, 15) is 8.42 Å². The Morgan fingerprint density at radius 3 is 2.78 bits per heavy atom. The number of fused-ring (bicyclic) bond motifs is 4. The molecule has 0 aliphatic carbocycles. The van der Waals surface area contributed by atoms with Crippen molar-refractivity contribution in [2.45, 2.75) is 25.2 Å². The maximum absolute atomic E-state index is 13.1. The largest absolute Gasteiger partial charge is 0.268 e.